The van der Waals surface area contributed by atoms with Crippen LogP contribution in [0.3, 0.4) is 0 Å². The number of rotatable bonds is 10. The molecule has 5 rings (SSSR count). The van der Waals surface area contributed by atoms with Crippen LogP contribution in [0.1, 0.15) is 46.2 Å². The molecule has 6 nitrogen and oxygen atoms in total. The minimum atomic E-state index is -0.222. The number of benzene rings is 3. The summed E-state index contributed by atoms with van der Waals surface area (Å²) in [6.07, 6.45) is 2.19. The van der Waals surface area contributed by atoms with Crippen molar-refractivity contribution in [3.63, 3.8) is 0 Å². The van der Waals surface area contributed by atoms with Crippen LogP contribution in [-0.4, -0.2) is 55.7 Å². The molecular weight excluding hydrogens is 498 g/mol. The maximum atomic E-state index is 14.0. The monoisotopic (exact) mass is 541 g/mol. The molecule has 1 aliphatic heterocycles. The van der Waals surface area contributed by atoms with Gasteiger partial charge in [-0.2, -0.15) is 0 Å². The van der Waals surface area contributed by atoms with Crippen molar-refractivity contribution in [3.05, 3.63) is 88.0 Å². The molecule has 40 heavy (non-hydrogen) atoms. The van der Waals surface area contributed by atoms with Crippen LogP contribution in [0, 0.1) is 34.6 Å². The van der Waals surface area contributed by atoms with Gasteiger partial charge in [-0.1, -0.05) is 35.9 Å². The molecule has 0 radical (unpaired) electrons. The number of hydrogen-bond acceptors (Lipinski definition) is 5. The van der Waals surface area contributed by atoms with Crippen molar-refractivity contribution in [3.8, 4) is 11.5 Å². The Labute approximate surface area is 239 Å². The number of nitrogens with one attached hydrogen (secondary N) is 1. The Morgan fingerprint density at radius 2 is 1.62 bits per heavy atom. The molecule has 1 saturated carbocycles. The molecule has 6 heteroatoms. The molecule has 1 N–H and O–H groups in total. The van der Waals surface area contributed by atoms with Gasteiger partial charge in [-0.05, 0) is 99.5 Å². The van der Waals surface area contributed by atoms with Gasteiger partial charge in [-0.3, -0.25) is 4.79 Å². The summed E-state index contributed by atoms with van der Waals surface area (Å²) in [6, 6.07) is 18.9. The van der Waals surface area contributed by atoms with Crippen molar-refractivity contribution >= 4 is 11.6 Å². The second-order valence-corrected chi connectivity index (χ2v) is 11.4. The highest BCUT2D eigenvalue weighted by molar-refractivity contribution is 5.86. The van der Waals surface area contributed by atoms with Gasteiger partial charge in [-0.15, -0.1) is 0 Å². The highest BCUT2D eigenvalue weighted by Crippen LogP contribution is 2.32. The normalized spacial score (nSPS) is 17.0. The molecule has 212 valence electrons. The Balaban J connectivity index is 1.21. The van der Waals surface area contributed by atoms with E-state index in [1.165, 1.54) is 22.3 Å². The molecule has 2 aliphatic rings. The summed E-state index contributed by atoms with van der Waals surface area (Å²) in [4.78, 5) is 18.4. The predicted octanol–water partition coefficient (Wildman–Crippen LogP) is 5.66. The van der Waals surface area contributed by atoms with Crippen LogP contribution in [0.2, 0.25) is 0 Å². The third-order valence-electron chi connectivity index (χ3n) is 8.23. The fourth-order valence-corrected chi connectivity index (χ4v) is 5.80. The second-order valence-electron chi connectivity index (χ2n) is 11.4. The molecule has 1 heterocycles. The van der Waals surface area contributed by atoms with Crippen LogP contribution in [0.4, 0.5) is 5.69 Å². The number of ether oxygens (including phenoxy) is 2. The van der Waals surface area contributed by atoms with Crippen LogP contribution in [-0.2, 0) is 11.3 Å². The van der Waals surface area contributed by atoms with Crippen LogP contribution in [0.5, 0.6) is 11.5 Å². The molecule has 3 aromatic rings. The van der Waals surface area contributed by atoms with Gasteiger partial charge in [0, 0.05) is 37.9 Å². The minimum Gasteiger partial charge on any atom is -0.490 e. The fraction of sp³-hybridized carbons (Fsp3) is 0.441. The average molecular weight is 542 g/mol. The lowest BCUT2D eigenvalue weighted by Gasteiger charge is -2.40. The van der Waals surface area contributed by atoms with Gasteiger partial charge in [0.2, 0.25) is 5.91 Å². The van der Waals surface area contributed by atoms with E-state index in [4.69, 9.17) is 9.47 Å². The highest BCUT2D eigenvalue weighted by atomic mass is 16.5. The van der Waals surface area contributed by atoms with Gasteiger partial charge in [0.05, 0.1) is 0 Å². The molecule has 1 saturated heterocycles. The van der Waals surface area contributed by atoms with E-state index >= 15 is 0 Å². The Bertz CT molecular complexity index is 1310. The number of carbonyl (C=O) groups is 1. The topological polar surface area (TPSA) is 54.0 Å². The van der Waals surface area contributed by atoms with Gasteiger partial charge < -0.3 is 24.6 Å². The third kappa shape index (κ3) is 6.44. The van der Waals surface area contributed by atoms with Crippen LogP contribution in [0.15, 0.2) is 54.6 Å². The number of hydrogen-bond donors (Lipinski definition) is 1. The van der Waals surface area contributed by atoms with E-state index in [-0.39, 0.29) is 11.9 Å². The molecule has 2 fully saturated rings. The zero-order valence-electron chi connectivity index (χ0n) is 24.6. The highest BCUT2D eigenvalue weighted by Gasteiger charge is 2.39. The summed E-state index contributed by atoms with van der Waals surface area (Å²) >= 11 is 0. The maximum Gasteiger partial charge on any atom is 0.247 e. The number of piperazine rings is 1. The Hall–Kier alpha value is -3.51. The standard InChI is InChI=1S/C34H43N3O3/c1-23-19-25(3)33(26(4)20-23)40-18-17-39-31-13-11-29(12-14-31)36-16-15-35-21-32(36)34(38)37(30-9-10-30)22-28-8-6-7-24(2)27(28)5/h6-8,11-14,19-20,30,32,35H,9-10,15-18,21-22H2,1-5H3. The SMILES string of the molecule is Cc1cc(C)c(OCCOc2ccc(N3CCNCC3C(=O)N(Cc3cccc(C)c3C)C3CC3)cc2)c(C)c1. The molecule has 1 aliphatic carbocycles. The van der Waals surface area contributed by atoms with Crippen molar-refractivity contribution in [2.24, 2.45) is 0 Å². The zero-order valence-corrected chi connectivity index (χ0v) is 24.6. The first kappa shape index (κ1) is 28.0. The Kier molecular flexibility index (Phi) is 8.65. The van der Waals surface area contributed by atoms with E-state index < -0.39 is 0 Å². The van der Waals surface area contributed by atoms with Crippen LogP contribution >= 0.6 is 0 Å². The minimum absolute atomic E-state index is 0.217. The Morgan fingerprint density at radius 3 is 2.33 bits per heavy atom. The van der Waals surface area contributed by atoms with E-state index in [0.717, 1.165) is 54.2 Å². The van der Waals surface area contributed by atoms with Gasteiger partial charge in [-0.25, -0.2) is 0 Å². The van der Waals surface area contributed by atoms with E-state index in [0.29, 0.717) is 32.3 Å². The summed E-state index contributed by atoms with van der Waals surface area (Å²) in [6.45, 7) is 14.5. The van der Waals surface area contributed by atoms with Crippen LogP contribution < -0.4 is 19.7 Å². The smallest absolute Gasteiger partial charge is 0.247 e. The first-order valence-electron chi connectivity index (χ1n) is 14.6. The molecule has 0 bridgehead atoms. The van der Waals surface area contributed by atoms with Crippen molar-refractivity contribution in [2.75, 3.05) is 37.7 Å². The third-order valence-corrected chi connectivity index (χ3v) is 8.23. The van der Waals surface area contributed by atoms with E-state index in [2.05, 4.69) is 92.2 Å². The van der Waals surface area contributed by atoms with Crippen molar-refractivity contribution in [1.82, 2.24) is 10.2 Å². The number of anilines is 1. The number of carbonyl (C=O) groups excluding carboxylic acids is 1. The second kappa shape index (κ2) is 12.3. The number of nitrogens with zero attached hydrogens (tertiary/aromatic N) is 2. The summed E-state index contributed by atoms with van der Waals surface area (Å²) in [7, 11) is 0. The lowest BCUT2D eigenvalue weighted by molar-refractivity contribution is -0.134. The molecule has 0 aromatic heterocycles. The summed E-state index contributed by atoms with van der Waals surface area (Å²) in [5.74, 6) is 1.96. The zero-order chi connectivity index (χ0) is 28.2. The summed E-state index contributed by atoms with van der Waals surface area (Å²) in [5.41, 5.74) is 8.40. The fourth-order valence-electron chi connectivity index (χ4n) is 5.80. The summed E-state index contributed by atoms with van der Waals surface area (Å²) < 4.78 is 12.0. The molecule has 1 unspecified atom stereocenters. The van der Waals surface area contributed by atoms with Gasteiger partial charge >= 0.3 is 0 Å². The molecule has 1 amide bonds. The molecule has 1 atom stereocenters. The van der Waals surface area contributed by atoms with E-state index in [1.54, 1.807) is 0 Å². The van der Waals surface area contributed by atoms with Gasteiger partial charge in [0.1, 0.15) is 30.8 Å². The Morgan fingerprint density at radius 1 is 0.925 bits per heavy atom. The predicted molar refractivity (Wildman–Crippen MR) is 162 cm³/mol. The van der Waals surface area contributed by atoms with Crippen molar-refractivity contribution in [1.29, 1.82) is 0 Å². The van der Waals surface area contributed by atoms with Gasteiger partial charge in [0.15, 0.2) is 0 Å². The molecule has 3 aromatic carbocycles. The largest absolute Gasteiger partial charge is 0.490 e. The van der Waals surface area contributed by atoms with Crippen molar-refractivity contribution in [2.45, 2.75) is 66.1 Å². The summed E-state index contributed by atoms with van der Waals surface area (Å²) in [5, 5.41) is 3.46. The first-order chi connectivity index (χ1) is 19.3. The van der Waals surface area contributed by atoms with E-state index in [9.17, 15) is 4.79 Å². The quantitative estimate of drug-likeness (QED) is 0.336. The number of amides is 1. The maximum absolute atomic E-state index is 14.0. The molecular formula is C34H43N3O3. The van der Waals surface area contributed by atoms with Crippen molar-refractivity contribution < 1.29 is 14.3 Å². The lowest BCUT2D eigenvalue weighted by atomic mass is 10.0. The first-order valence-corrected chi connectivity index (χ1v) is 14.6. The lowest BCUT2D eigenvalue weighted by Crippen LogP contribution is -2.59. The average Bonchev–Trinajstić information content (AvgIpc) is 3.78. The molecule has 0 spiro atoms. The number of aryl methyl sites for hydroxylation is 4. The van der Waals surface area contributed by atoms with Gasteiger partial charge in [0.25, 0.3) is 0 Å². The van der Waals surface area contributed by atoms with Crippen LogP contribution in [0.25, 0.3) is 0 Å². The van der Waals surface area contributed by atoms with E-state index in [1.807, 2.05) is 12.1 Å².